The van der Waals surface area contributed by atoms with Crippen molar-refractivity contribution in [2.24, 2.45) is 11.8 Å². The zero-order valence-corrected chi connectivity index (χ0v) is 11.7. The summed E-state index contributed by atoms with van der Waals surface area (Å²) in [6, 6.07) is 0. The van der Waals surface area contributed by atoms with Gasteiger partial charge in [0.25, 0.3) is 0 Å². The molecule has 0 aliphatic heterocycles. The van der Waals surface area contributed by atoms with Gasteiger partial charge in [0.2, 0.25) is 0 Å². The van der Waals surface area contributed by atoms with Crippen molar-refractivity contribution in [3.63, 3.8) is 0 Å². The number of aromatic nitrogens is 3. The SMILES string of the molecule is CC(C)Cn1ncnc1CNCC1CCCCC1. The quantitative estimate of drug-likeness (QED) is 0.844. The van der Waals surface area contributed by atoms with Crippen molar-refractivity contribution in [2.75, 3.05) is 6.54 Å². The molecular weight excluding hydrogens is 224 g/mol. The Morgan fingerprint density at radius 3 is 2.83 bits per heavy atom. The molecule has 4 nitrogen and oxygen atoms in total. The predicted molar refractivity (Wildman–Crippen MR) is 73.1 cm³/mol. The maximum atomic E-state index is 4.34. The molecule has 1 aliphatic rings. The third kappa shape index (κ3) is 4.09. The smallest absolute Gasteiger partial charge is 0.140 e. The van der Waals surface area contributed by atoms with Gasteiger partial charge in [-0.1, -0.05) is 33.1 Å². The van der Waals surface area contributed by atoms with E-state index in [9.17, 15) is 0 Å². The van der Waals surface area contributed by atoms with E-state index in [1.54, 1.807) is 6.33 Å². The second kappa shape index (κ2) is 6.88. The zero-order valence-electron chi connectivity index (χ0n) is 11.7. The molecule has 1 saturated carbocycles. The fraction of sp³-hybridized carbons (Fsp3) is 0.857. The van der Waals surface area contributed by atoms with Gasteiger partial charge in [-0.25, -0.2) is 9.67 Å². The van der Waals surface area contributed by atoms with Gasteiger partial charge < -0.3 is 5.32 Å². The molecule has 0 amide bonds. The highest BCUT2D eigenvalue weighted by molar-refractivity contribution is 4.84. The summed E-state index contributed by atoms with van der Waals surface area (Å²) in [5, 5.41) is 7.84. The first kappa shape index (κ1) is 13.5. The summed E-state index contributed by atoms with van der Waals surface area (Å²) in [6.07, 6.45) is 8.71. The number of hydrogen-bond acceptors (Lipinski definition) is 3. The van der Waals surface area contributed by atoms with Crippen LogP contribution in [0.2, 0.25) is 0 Å². The van der Waals surface area contributed by atoms with Crippen LogP contribution in [0.3, 0.4) is 0 Å². The monoisotopic (exact) mass is 250 g/mol. The summed E-state index contributed by atoms with van der Waals surface area (Å²) in [5.41, 5.74) is 0. The maximum absolute atomic E-state index is 4.34. The van der Waals surface area contributed by atoms with Gasteiger partial charge >= 0.3 is 0 Å². The number of nitrogens with zero attached hydrogens (tertiary/aromatic N) is 3. The highest BCUT2D eigenvalue weighted by Gasteiger charge is 2.13. The molecule has 4 heteroatoms. The lowest BCUT2D eigenvalue weighted by Gasteiger charge is -2.21. The topological polar surface area (TPSA) is 42.7 Å². The lowest BCUT2D eigenvalue weighted by molar-refractivity contribution is 0.338. The Morgan fingerprint density at radius 1 is 1.33 bits per heavy atom. The van der Waals surface area contributed by atoms with Gasteiger partial charge in [-0.3, -0.25) is 0 Å². The summed E-state index contributed by atoms with van der Waals surface area (Å²) < 4.78 is 2.03. The summed E-state index contributed by atoms with van der Waals surface area (Å²) in [7, 11) is 0. The average molecular weight is 250 g/mol. The van der Waals surface area contributed by atoms with Crippen molar-refractivity contribution >= 4 is 0 Å². The lowest BCUT2D eigenvalue weighted by atomic mass is 9.89. The fourth-order valence-corrected chi connectivity index (χ4v) is 2.70. The van der Waals surface area contributed by atoms with E-state index in [2.05, 4.69) is 29.2 Å². The van der Waals surface area contributed by atoms with Gasteiger partial charge in [0.1, 0.15) is 12.2 Å². The van der Waals surface area contributed by atoms with Gasteiger partial charge in [0.15, 0.2) is 0 Å². The summed E-state index contributed by atoms with van der Waals surface area (Å²) in [4.78, 5) is 4.34. The van der Waals surface area contributed by atoms with Crippen molar-refractivity contribution in [1.82, 2.24) is 20.1 Å². The van der Waals surface area contributed by atoms with Crippen molar-refractivity contribution in [3.8, 4) is 0 Å². The van der Waals surface area contributed by atoms with Crippen LogP contribution >= 0.6 is 0 Å². The van der Waals surface area contributed by atoms with Crippen molar-refractivity contribution in [1.29, 1.82) is 0 Å². The van der Waals surface area contributed by atoms with Crippen LogP contribution in [0, 0.1) is 11.8 Å². The molecule has 0 unspecified atom stereocenters. The van der Waals surface area contributed by atoms with Gasteiger partial charge in [0, 0.05) is 6.54 Å². The molecule has 2 rings (SSSR count). The minimum Gasteiger partial charge on any atom is -0.310 e. The van der Waals surface area contributed by atoms with E-state index in [0.29, 0.717) is 5.92 Å². The van der Waals surface area contributed by atoms with Crippen molar-refractivity contribution in [3.05, 3.63) is 12.2 Å². The maximum Gasteiger partial charge on any atom is 0.140 e. The Kier molecular flexibility index (Phi) is 5.17. The van der Waals surface area contributed by atoms with Crippen LogP contribution in [-0.4, -0.2) is 21.3 Å². The van der Waals surface area contributed by atoms with E-state index in [4.69, 9.17) is 0 Å². The fourth-order valence-electron chi connectivity index (χ4n) is 2.70. The van der Waals surface area contributed by atoms with Gasteiger partial charge in [-0.2, -0.15) is 5.10 Å². The average Bonchev–Trinajstić information content (AvgIpc) is 2.77. The van der Waals surface area contributed by atoms with E-state index in [1.165, 1.54) is 32.1 Å². The number of nitrogens with one attached hydrogen (secondary N) is 1. The van der Waals surface area contributed by atoms with E-state index >= 15 is 0 Å². The van der Waals surface area contributed by atoms with Gasteiger partial charge in [0.05, 0.1) is 6.54 Å². The Balaban J connectivity index is 1.74. The Labute approximate surface area is 110 Å². The highest BCUT2D eigenvalue weighted by atomic mass is 15.3. The molecule has 1 N–H and O–H groups in total. The number of rotatable bonds is 6. The standard InChI is InChI=1S/C14H26N4/c1-12(2)10-18-14(16-11-17-18)9-15-8-13-6-4-3-5-7-13/h11-13,15H,3-10H2,1-2H3. The molecule has 0 radical (unpaired) electrons. The molecule has 18 heavy (non-hydrogen) atoms. The van der Waals surface area contributed by atoms with Crippen molar-refractivity contribution < 1.29 is 0 Å². The van der Waals surface area contributed by atoms with Crippen molar-refractivity contribution in [2.45, 2.75) is 59.0 Å². The molecule has 1 aromatic rings. The third-order valence-corrected chi connectivity index (χ3v) is 3.67. The molecule has 0 spiro atoms. The Morgan fingerprint density at radius 2 is 2.11 bits per heavy atom. The molecule has 0 aromatic carbocycles. The van der Waals surface area contributed by atoms with E-state index in [-0.39, 0.29) is 0 Å². The van der Waals surface area contributed by atoms with Crippen LogP contribution in [0.25, 0.3) is 0 Å². The van der Waals surface area contributed by atoms with Crippen LogP contribution < -0.4 is 5.32 Å². The second-order valence-electron chi connectivity index (χ2n) is 5.89. The van der Waals surface area contributed by atoms with Crippen LogP contribution in [0.5, 0.6) is 0 Å². The van der Waals surface area contributed by atoms with Crippen LogP contribution in [-0.2, 0) is 13.1 Å². The highest BCUT2D eigenvalue weighted by Crippen LogP contribution is 2.22. The minimum atomic E-state index is 0.615. The normalized spacial score (nSPS) is 17.5. The summed E-state index contributed by atoms with van der Waals surface area (Å²) in [5.74, 6) is 2.56. The number of hydrogen-bond donors (Lipinski definition) is 1. The van der Waals surface area contributed by atoms with E-state index in [1.807, 2.05) is 4.68 Å². The zero-order chi connectivity index (χ0) is 12.8. The molecule has 0 atom stereocenters. The van der Waals surface area contributed by atoms with E-state index in [0.717, 1.165) is 31.4 Å². The van der Waals surface area contributed by atoms with E-state index < -0.39 is 0 Å². The first-order valence-corrected chi connectivity index (χ1v) is 7.33. The summed E-state index contributed by atoms with van der Waals surface area (Å²) in [6.45, 7) is 7.36. The largest absolute Gasteiger partial charge is 0.310 e. The molecule has 1 aliphatic carbocycles. The first-order chi connectivity index (χ1) is 8.75. The molecular formula is C14H26N4. The molecule has 0 saturated heterocycles. The van der Waals surface area contributed by atoms with Gasteiger partial charge in [-0.05, 0) is 31.2 Å². The van der Waals surface area contributed by atoms with Crippen LogP contribution in [0.1, 0.15) is 51.8 Å². The Bertz CT molecular complexity index is 339. The lowest BCUT2D eigenvalue weighted by Crippen LogP contribution is -2.26. The molecule has 102 valence electrons. The van der Waals surface area contributed by atoms with Gasteiger partial charge in [-0.15, -0.1) is 0 Å². The Hall–Kier alpha value is -0.900. The van der Waals surface area contributed by atoms with Crippen LogP contribution in [0.4, 0.5) is 0 Å². The summed E-state index contributed by atoms with van der Waals surface area (Å²) >= 11 is 0. The predicted octanol–water partition coefficient (Wildman–Crippen LogP) is 2.60. The van der Waals surface area contributed by atoms with Crippen LogP contribution in [0.15, 0.2) is 6.33 Å². The second-order valence-corrected chi connectivity index (χ2v) is 5.89. The first-order valence-electron chi connectivity index (χ1n) is 7.33. The molecule has 0 bridgehead atoms. The minimum absolute atomic E-state index is 0.615. The third-order valence-electron chi connectivity index (χ3n) is 3.67. The molecule has 1 fully saturated rings. The molecule has 1 heterocycles. The molecule has 1 aromatic heterocycles.